The smallest absolute Gasteiger partial charge is 0.326 e. The zero-order valence-corrected chi connectivity index (χ0v) is 17.8. The number of carbonyl (C=O) groups is 1. The summed E-state index contributed by atoms with van der Waals surface area (Å²) in [4.78, 5) is 13.9. The molecule has 1 amide bonds. The lowest BCUT2D eigenvalue weighted by molar-refractivity contribution is -0.117. The summed E-state index contributed by atoms with van der Waals surface area (Å²) in [5, 5.41) is 13.7. The largest absolute Gasteiger partial charge is 0.506 e. The minimum Gasteiger partial charge on any atom is -0.506 e. The van der Waals surface area contributed by atoms with Crippen LogP contribution in [0.1, 0.15) is 31.2 Å². The first-order chi connectivity index (χ1) is 14.3. The average Bonchev–Trinajstić information content (AvgIpc) is 2.94. The number of rotatable bonds is 5. The van der Waals surface area contributed by atoms with Crippen molar-refractivity contribution in [2.75, 3.05) is 43.6 Å². The van der Waals surface area contributed by atoms with Crippen LogP contribution < -0.4 is 14.3 Å². The molecule has 1 unspecified atom stereocenters. The van der Waals surface area contributed by atoms with Gasteiger partial charge in [0.15, 0.2) is 5.82 Å². The van der Waals surface area contributed by atoms with E-state index in [1.165, 1.54) is 25.0 Å². The fraction of sp³-hybridized carbons (Fsp3) is 0.650. The summed E-state index contributed by atoms with van der Waals surface area (Å²) < 4.78 is 41.1. The van der Waals surface area contributed by atoms with Gasteiger partial charge in [0, 0.05) is 13.1 Å². The molecule has 1 aromatic rings. The number of carbonyl (C=O) groups excluding carboxylic acids is 1. The number of phenols is 1. The number of hydrogen-bond acceptors (Lipinski definition) is 6. The molecule has 1 aromatic carbocycles. The Balaban J connectivity index is 1.43. The van der Waals surface area contributed by atoms with Crippen LogP contribution in [0.15, 0.2) is 12.1 Å². The molecule has 4 rings (SSSR count). The molecular formula is C20H29FN4O4S. The number of phenolic OH excluding ortho intramolecular Hbond substituents is 1. The Morgan fingerprint density at radius 3 is 2.60 bits per heavy atom. The first kappa shape index (κ1) is 21.3. The summed E-state index contributed by atoms with van der Waals surface area (Å²) in [6.07, 6.45) is 5.18. The van der Waals surface area contributed by atoms with Crippen LogP contribution in [-0.4, -0.2) is 63.6 Å². The van der Waals surface area contributed by atoms with E-state index in [4.69, 9.17) is 0 Å². The number of hydrogen-bond donors (Lipinski definition) is 3. The van der Waals surface area contributed by atoms with Gasteiger partial charge in [0.05, 0.1) is 0 Å². The molecule has 166 valence electrons. The van der Waals surface area contributed by atoms with E-state index >= 15 is 0 Å². The second-order valence-electron chi connectivity index (χ2n) is 8.65. The van der Waals surface area contributed by atoms with Crippen molar-refractivity contribution in [2.24, 2.45) is 11.8 Å². The molecule has 3 heterocycles. The van der Waals surface area contributed by atoms with Crippen molar-refractivity contribution in [3.63, 3.8) is 0 Å². The van der Waals surface area contributed by atoms with Gasteiger partial charge in [-0.05, 0) is 81.3 Å². The third kappa shape index (κ3) is 4.70. The van der Waals surface area contributed by atoms with Crippen LogP contribution in [0, 0.1) is 17.7 Å². The number of amides is 1. The number of anilines is 1. The molecule has 0 radical (unpaired) electrons. The van der Waals surface area contributed by atoms with E-state index in [1.807, 2.05) is 0 Å². The van der Waals surface area contributed by atoms with Gasteiger partial charge in [0.1, 0.15) is 18.0 Å². The van der Waals surface area contributed by atoms with Crippen molar-refractivity contribution in [2.45, 2.75) is 32.1 Å². The second kappa shape index (κ2) is 8.68. The van der Waals surface area contributed by atoms with Gasteiger partial charge in [-0.1, -0.05) is 0 Å². The number of likely N-dealkylation sites (tertiary alicyclic amines) is 1. The Hall–Kier alpha value is -1.91. The van der Waals surface area contributed by atoms with Gasteiger partial charge in [-0.15, -0.1) is 0 Å². The Kier molecular flexibility index (Phi) is 6.17. The van der Waals surface area contributed by atoms with Gasteiger partial charge in [0.2, 0.25) is 0 Å². The summed E-state index contributed by atoms with van der Waals surface area (Å²) in [7, 11) is -4.17. The molecule has 1 atom stereocenters. The summed E-state index contributed by atoms with van der Waals surface area (Å²) in [6, 6.07) is 2.70. The average molecular weight is 441 g/mol. The Labute approximate surface area is 176 Å². The molecule has 0 aromatic heterocycles. The van der Waals surface area contributed by atoms with Crippen molar-refractivity contribution in [3.05, 3.63) is 23.5 Å². The van der Waals surface area contributed by atoms with Gasteiger partial charge in [-0.25, -0.2) is 13.4 Å². The van der Waals surface area contributed by atoms with Gasteiger partial charge >= 0.3 is 10.2 Å². The Morgan fingerprint density at radius 2 is 1.93 bits per heavy atom. The molecular weight excluding hydrogens is 411 g/mol. The van der Waals surface area contributed by atoms with Gasteiger partial charge in [0.25, 0.3) is 5.91 Å². The molecule has 3 aliphatic rings. The summed E-state index contributed by atoms with van der Waals surface area (Å²) in [5.41, 5.74) is 0.159. The molecule has 0 aliphatic carbocycles. The highest BCUT2D eigenvalue weighted by molar-refractivity contribution is 7.92. The van der Waals surface area contributed by atoms with Crippen LogP contribution in [0.4, 0.5) is 10.1 Å². The number of nitrogens with zero attached hydrogens (tertiary/aromatic N) is 2. The molecule has 0 saturated carbocycles. The van der Waals surface area contributed by atoms with Crippen LogP contribution >= 0.6 is 0 Å². The predicted molar refractivity (Wildman–Crippen MR) is 111 cm³/mol. The van der Waals surface area contributed by atoms with Crippen LogP contribution in [-0.2, 0) is 21.4 Å². The first-order valence-electron chi connectivity index (χ1n) is 10.6. The van der Waals surface area contributed by atoms with Crippen LogP contribution in [0.25, 0.3) is 0 Å². The minimum atomic E-state index is -4.17. The highest BCUT2D eigenvalue weighted by atomic mass is 32.2. The molecule has 8 nitrogen and oxygen atoms in total. The van der Waals surface area contributed by atoms with Gasteiger partial charge < -0.3 is 15.3 Å². The molecule has 3 saturated heterocycles. The second-order valence-corrected chi connectivity index (χ2v) is 10.2. The maximum atomic E-state index is 14.8. The monoisotopic (exact) mass is 440 g/mol. The van der Waals surface area contributed by atoms with Crippen molar-refractivity contribution in [1.29, 1.82) is 0 Å². The van der Waals surface area contributed by atoms with Crippen LogP contribution in [0.3, 0.4) is 0 Å². The van der Waals surface area contributed by atoms with E-state index < -0.39 is 39.9 Å². The fourth-order valence-electron chi connectivity index (χ4n) is 4.90. The van der Waals surface area contributed by atoms with Gasteiger partial charge in [-0.3, -0.25) is 4.79 Å². The van der Waals surface area contributed by atoms with Crippen LogP contribution in [0.5, 0.6) is 5.75 Å². The zero-order valence-electron chi connectivity index (χ0n) is 16.9. The maximum absolute atomic E-state index is 14.8. The number of halogens is 1. The topological polar surface area (TPSA) is 102 Å². The van der Waals surface area contributed by atoms with Crippen molar-refractivity contribution < 1.29 is 22.7 Å². The van der Waals surface area contributed by atoms with E-state index in [0.717, 1.165) is 51.5 Å². The molecule has 3 aliphatic heterocycles. The SMILES string of the molecule is O=C1CN(c2c(O)cc(CC3CCCN(CC4CCNCC4)C3)cc2F)S(=O)(=O)N1. The summed E-state index contributed by atoms with van der Waals surface area (Å²) in [6.45, 7) is 4.77. The maximum Gasteiger partial charge on any atom is 0.326 e. The predicted octanol–water partition coefficient (Wildman–Crippen LogP) is 0.966. The third-order valence-corrected chi connectivity index (χ3v) is 7.65. The summed E-state index contributed by atoms with van der Waals surface area (Å²) >= 11 is 0. The van der Waals surface area contributed by atoms with E-state index in [9.17, 15) is 22.7 Å². The molecule has 3 N–H and O–H groups in total. The molecule has 0 bridgehead atoms. The highest BCUT2D eigenvalue weighted by Crippen LogP contribution is 2.35. The number of nitrogens with one attached hydrogen (secondary N) is 2. The van der Waals surface area contributed by atoms with E-state index in [1.54, 1.807) is 4.72 Å². The van der Waals surface area contributed by atoms with E-state index in [0.29, 0.717) is 22.2 Å². The quantitative estimate of drug-likeness (QED) is 0.631. The molecule has 0 spiro atoms. The number of benzene rings is 1. The Bertz CT molecular complexity index is 881. The lowest BCUT2D eigenvalue weighted by atomic mass is 9.89. The summed E-state index contributed by atoms with van der Waals surface area (Å²) in [5.74, 6) is -0.970. The molecule has 3 fully saturated rings. The van der Waals surface area contributed by atoms with Gasteiger partial charge in [-0.2, -0.15) is 8.42 Å². The zero-order chi connectivity index (χ0) is 21.3. The number of aromatic hydroxyl groups is 1. The van der Waals surface area contributed by atoms with Crippen molar-refractivity contribution in [3.8, 4) is 5.75 Å². The lowest BCUT2D eigenvalue weighted by Gasteiger charge is -2.36. The highest BCUT2D eigenvalue weighted by Gasteiger charge is 2.37. The third-order valence-electron chi connectivity index (χ3n) is 6.28. The lowest BCUT2D eigenvalue weighted by Crippen LogP contribution is -2.41. The minimum absolute atomic E-state index is 0.365. The van der Waals surface area contributed by atoms with Crippen LogP contribution in [0.2, 0.25) is 0 Å². The molecule has 30 heavy (non-hydrogen) atoms. The fourth-order valence-corrected chi connectivity index (χ4v) is 6.07. The van der Waals surface area contributed by atoms with Crippen molar-refractivity contribution in [1.82, 2.24) is 14.9 Å². The first-order valence-corrected chi connectivity index (χ1v) is 12.0. The van der Waals surface area contributed by atoms with E-state index in [-0.39, 0.29) is 0 Å². The van der Waals surface area contributed by atoms with Crippen molar-refractivity contribution >= 4 is 21.8 Å². The normalized spacial score (nSPS) is 25.4. The standard InChI is InChI=1S/C20H29FN4O4S/c21-17-9-16(10-18(26)20(17)25-13-19(27)23-30(25,28)29)8-15-2-1-7-24(12-15)11-14-3-5-22-6-4-14/h9-10,14-15,22,26H,1-8,11-13H2,(H,23,27). The molecule has 10 heteroatoms. The Morgan fingerprint density at radius 1 is 1.17 bits per heavy atom. The van der Waals surface area contributed by atoms with E-state index in [2.05, 4.69) is 10.2 Å². The number of piperidine rings is 2.